The highest BCUT2D eigenvalue weighted by molar-refractivity contribution is 7.19. The predicted molar refractivity (Wildman–Crippen MR) is 125 cm³/mol. The van der Waals surface area contributed by atoms with Crippen LogP contribution >= 0.6 is 11.3 Å². The van der Waals surface area contributed by atoms with E-state index in [2.05, 4.69) is 29.0 Å². The maximum absolute atomic E-state index is 12.9. The van der Waals surface area contributed by atoms with E-state index in [4.69, 9.17) is 10.5 Å². The molecule has 1 saturated heterocycles. The summed E-state index contributed by atoms with van der Waals surface area (Å²) in [6.45, 7) is 4.60. The molecule has 2 aromatic carbocycles. The molecule has 0 bridgehead atoms. The number of carbonyl (C=O) groups excluding carboxylic acids is 1. The molecular formula is C24H24N4O2S. The molecule has 0 unspecified atom stereocenters. The molecule has 2 aromatic heterocycles. The van der Waals surface area contributed by atoms with Crippen molar-refractivity contribution in [2.45, 2.75) is 19.8 Å². The maximum Gasteiger partial charge on any atom is 0.254 e. The van der Waals surface area contributed by atoms with Crippen molar-refractivity contribution in [2.24, 2.45) is 0 Å². The van der Waals surface area contributed by atoms with E-state index in [0.717, 1.165) is 50.1 Å². The van der Waals surface area contributed by atoms with Gasteiger partial charge in [-0.25, -0.2) is 9.97 Å². The Hall–Kier alpha value is -3.03. The number of morpholine rings is 1. The normalized spacial score (nSPS) is 14.4. The average Bonchev–Trinajstić information content (AvgIpc) is 3.24. The molecule has 158 valence electrons. The number of nitrogens with zero attached hydrogens (tertiary/aromatic N) is 3. The first kappa shape index (κ1) is 19.9. The highest BCUT2D eigenvalue weighted by Crippen LogP contribution is 2.35. The van der Waals surface area contributed by atoms with Crippen molar-refractivity contribution >= 4 is 44.2 Å². The van der Waals surface area contributed by atoms with Crippen LogP contribution in [0.4, 0.5) is 5.82 Å². The van der Waals surface area contributed by atoms with E-state index in [1.807, 2.05) is 35.2 Å². The van der Waals surface area contributed by atoms with Crippen molar-refractivity contribution in [2.75, 3.05) is 32.0 Å². The lowest BCUT2D eigenvalue weighted by molar-refractivity contribution is 0.0303. The van der Waals surface area contributed by atoms with Crippen LogP contribution in [0.25, 0.3) is 32.2 Å². The predicted octanol–water partition coefficient (Wildman–Crippen LogP) is 4.52. The van der Waals surface area contributed by atoms with Crippen molar-refractivity contribution in [1.29, 1.82) is 0 Å². The smallest absolute Gasteiger partial charge is 0.254 e. The molecule has 3 heterocycles. The third-order valence-corrected chi connectivity index (χ3v) is 6.75. The number of nitrogens with two attached hydrogens (primary N) is 1. The molecule has 7 heteroatoms. The fourth-order valence-corrected chi connectivity index (χ4v) is 5.21. The Labute approximate surface area is 184 Å². The van der Waals surface area contributed by atoms with Crippen molar-refractivity contribution in [3.05, 3.63) is 53.0 Å². The van der Waals surface area contributed by atoms with Gasteiger partial charge >= 0.3 is 0 Å². The Morgan fingerprint density at radius 2 is 1.94 bits per heavy atom. The van der Waals surface area contributed by atoms with Gasteiger partial charge in [0, 0.05) is 24.0 Å². The van der Waals surface area contributed by atoms with Crippen LogP contribution in [0.5, 0.6) is 0 Å². The first-order valence-electron chi connectivity index (χ1n) is 10.6. The molecule has 31 heavy (non-hydrogen) atoms. The van der Waals surface area contributed by atoms with Crippen LogP contribution < -0.4 is 5.73 Å². The quantitative estimate of drug-likeness (QED) is 0.513. The van der Waals surface area contributed by atoms with Gasteiger partial charge < -0.3 is 15.4 Å². The summed E-state index contributed by atoms with van der Waals surface area (Å²) in [5.74, 6) is 0.512. The zero-order valence-electron chi connectivity index (χ0n) is 17.4. The Morgan fingerprint density at radius 3 is 2.74 bits per heavy atom. The largest absolute Gasteiger partial charge is 0.382 e. The van der Waals surface area contributed by atoms with Gasteiger partial charge in [0.15, 0.2) is 5.82 Å². The van der Waals surface area contributed by atoms with Crippen molar-refractivity contribution < 1.29 is 9.53 Å². The monoisotopic (exact) mass is 432 g/mol. The second-order valence-corrected chi connectivity index (χ2v) is 8.83. The molecule has 1 amide bonds. The molecule has 0 saturated carbocycles. The zero-order valence-corrected chi connectivity index (χ0v) is 18.2. The summed E-state index contributed by atoms with van der Waals surface area (Å²) in [6, 6.07) is 14.0. The molecule has 1 aliphatic rings. The molecule has 4 aromatic rings. The molecule has 6 nitrogen and oxygen atoms in total. The van der Waals surface area contributed by atoms with Gasteiger partial charge in [0.25, 0.3) is 5.91 Å². The molecule has 0 spiro atoms. The lowest BCUT2D eigenvalue weighted by Gasteiger charge is -2.27. The van der Waals surface area contributed by atoms with E-state index in [-0.39, 0.29) is 5.91 Å². The number of pyridine rings is 1. The average molecular weight is 433 g/mol. The topological polar surface area (TPSA) is 81.3 Å². The van der Waals surface area contributed by atoms with E-state index in [0.29, 0.717) is 37.7 Å². The number of amides is 1. The van der Waals surface area contributed by atoms with Gasteiger partial charge in [0.2, 0.25) is 0 Å². The minimum absolute atomic E-state index is 0.0446. The Kier molecular flexibility index (Phi) is 5.29. The Balaban J connectivity index is 1.53. The number of nitrogen functional groups attached to an aromatic ring is 1. The fourth-order valence-electron chi connectivity index (χ4n) is 4.00. The van der Waals surface area contributed by atoms with Gasteiger partial charge in [-0.05, 0) is 42.2 Å². The second-order valence-electron chi connectivity index (χ2n) is 7.75. The van der Waals surface area contributed by atoms with E-state index < -0.39 is 0 Å². The van der Waals surface area contributed by atoms with Crippen LogP contribution in [0, 0.1) is 0 Å². The molecule has 1 aliphatic heterocycles. The number of carbonyl (C=O) groups is 1. The highest BCUT2D eigenvalue weighted by atomic mass is 32.1. The number of fused-ring (bicyclic) bond motifs is 3. The number of aromatic nitrogens is 2. The lowest BCUT2D eigenvalue weighted by Crippen LogP contribution is -2.40. The van der Waals surface area contributed by atoms with E-state index in [9.17, 15) is 4.79 Å². The van der Waals surface area contributed by atoms with Crippen LogP contribution in [0.3, 0.4) is 0 Å². The summed E-state index contributed by atoms with van der Waals surface area (Å²) in [5.41, 5.74) is 10.6. The summed E-state index contributed by atoms with van der Waals surface area (Å²) in [4.78, 5) is 24.0. The van der Waals surface area contributed by atoms with Crippen LogP contribution in [-0.2, 0) is 11.2 Å². The third-order valence-electron chi connectivity index (χ3n) is 5.60. The summed E-state index contributed by atoms with van der Waals surface area (Å²) >= 11 is 1.70. The number of ether oxygens (including phenoxy) is 1. The van der Waals surface area contributed by atoms with Crippen molar-refractivity contribution in [3.63, 3.8) is 0 Å². The van der Waals surface area contributed by atoms with Crippen LogP contribution in [0.1, 0.15) is 28.7 Å². The lowest BCUT2D eigenvalue weighted by atomic mass is 10.0. The van der Waals surface area contributed by atoms with Gasteiger partial charge in [-0.15, -0.1) is 11.3 Å². The number of hydrogen-bond acceptors (Lipinski definition) is 6. The van der Waals surface area contributed by atoms with Crippen LogP contribution in [0.15, 0.2) is 42.5 Å². The third kappa shape index (κ3) is 3.75. The number of hydrogen-bond donors (Lipinski definition) is 1. The Morgan fingerprint density at radius 1 is 1.13 bits per heavy atom. The highest BCUT2D eigenvalue weighted by Gasteiger charge is 2.19. The van der Waals surface area contributed by atoms with Gasteiger partial charge in [-0.1, -0.05) is 31.2 Å². The molecule has 0 atom stereocenters. The number of rotatable bonds is 4. The molecule has 5 rings (SSSR count). The summed E-state index contributed by atoms with van der Waals surface area (Å²) < 4.78 is 6.45. The van der Waals surface area contributed by atoms with Crippen LogP contribution in [0.2, 0.25) is 0 Å². The van der Waals surface area contributed by atoms with Gasteiger partial charge in [0.1, 0.15) is 5.52 Å². The first-order chi connectivity index (χ1) is 15.1. The molecule has 1 fully saturated rings. The second kappa shape index (κ2) is 8.24. The van der Waals surface area contributed by atoms with Gasteiger partial charge in [0.05, 0.1) is 28.4 Å². The number of anilines is 1. The molecule has 0 aliphatic carbocycles. The molecular weight excluding hydrogens is 408 g/mol. The van der Waals surface area contributed by atoms with Crippen LogP contribution in [-0.4, -0.2) is 47.1 Å². The minimum Gasteiger partial charge on any atom is -0.382 e. The molecule has 2 N–H and O–H groups in total. The molecule has 0 radical (unpaired) electrons. The van der Waals surface area contributed by atoms with E-state index in [1.165, 1.54) is 0 Å². The number of benzene rings is 2. The van der Waals surface area contributed by atoms with Crippen molar-refractivity contribution in [3.8, 4) is 11.1 Å². The van der Waals surface area contributed by atoms with Crippen molar-refractivity contribution in [1.82, 2.24) is 14.9 Å². The summed E-state index contributed by atoms with van der Waals surface area (Å²) in [7, 11) is 0. The SMILES string of the molecule is CCCc1nc2c(N)nc3cc(-c4cccc(C(=O)N5CCOCC5)c4)ccc3c2s1. The summed E-state index contributed by atoms with van der Waals surface area (Å²) in [6.07, 6.45) is 2.00. The van der Waals surface area contributed by atoms with E-state index in [1.54, 1.807) is 11.3 Å². The number of aryl methyl sites for hydroxylation is 1. The standard InChI is InChI=1S/C24H24N4O2S/c1-2-4-20-27-21-22(31-20)18-8-7-16(14-19(18)26-23(21)25)15-5-3-6-17(13-15)24(29)28-9-11-30-12-10-28/h3,5-8,13-14H,2,4,9-12H2,1H3,(H2,25,26). The zero-order chi connectivity index (χ0) is 21.4. The van der Waals surface area contributed by atoms with Gasteiger partial charge in [-0.3, -0.25) is 4.79 Å². The maximum atomic E-state index is 12.9. The fraction of sp³-hybridized carbons (Fsp3) is 0.292. The first-order valence-corrected chi connectivity index (χ1v) is 11.4. The van der Waals surface area contributed by atoms with E-state index >= 15 is 0 Å². The number of thiazole rings is 1. The minimum atomic E-state index is 0.0446. The Bertz CT molecular complexity index is 1280. The summed E-state index contributed by atoms with van der Waals surface area (Å²) in [5, 5.41) is 2.16. The van der Waals surface area contributed by atoms with Gasteiger partial charge in [-0.2, -0.15) is 0 Å².